The largest absolute Gasteiger partial charge is 1.00 e. The minimum atomic E-state index is -0.457. The summed E-state index contributed by atoms with van der Waals surface area (Å²) in [6, 6.07) is 8.14. The molecule has 2 rings (SSSR count). The second kappa shape index (κ2) is 9.00. The number of nitriles is 1. The minimum absolute atomic E-state index is 0. The van der Waals surface area contributed by atoms with E-state index in [1.54, 1.807) is 4.90 Å². The Labute approximate surface area is 154 Å². The van der Waals surface area contributed by atoms with Crippen LogP contribution in [0.15, 0.2) is 24.4 Å². The van der Waals surface area contributed by atoms with Gasteiger partial charge in [0, 0.05) is 38.3 Å². The molecule has 1 aromatic rings. The molecule has 0 saturated carbocycles. The molecule has 0 aliphatic carbocycles. The summed E-state index contributed by atoms with van der Waals surface area (Å²) >= 11 is 0. The number of nitrogens with zero attached hydrogens (tertiary/aromatic N) is 4. The van der Waals surface area contributed by atoms with Gasteiger partial charge in [-0.1, -0.05) is 6.07 Å². The van der Waals surface area contributed by atoms with Crippen LogP contribution < -0.4 is 21.5 Å². The Hall–Kier alpha value is -1.65. The van der Waals surface area contributed by atoms with Crippen LogP contribution >= 0.6 is 0 Å². The number of hydrogen-bond acceptors (Lipinski definition) is 4. The van der Waals surface area contributed by atoms with Crippen molar-refractivity contribution < 1.29 is 31.1 Å². The van der Waals surface area contributed by atoms with Crippen LogP contribution in [-0.4, -0.2) is 47.7 Å². The second-order valence-corrected chi connectivity index (χ2v) is 6.72. The van der Waals surface area contributed by atoms with E-state index in [1.807, 2.05) is 49.7 Å². The van der Waals surface area contributed by atoms with Gasteiger partial charge in [-0.05, 0) is 20.8 Å². The van der Waals surface area contributed by atoms with Crippen molar-refractivity contribution in [2.45, 2.75) is 39.5 Å². The number of piperazine rings is 1. The normalized spacial score (nSPS) is 15.3. The quantitative estimate of drug-likeness (QED) is 0.586. The van der Waals surface area contributed by atoms with E-state index in [1.165, 1.54) is 0 Å². The van der Waals surface area contributed by atoms with Gasteiger partial charge in [0.2, 0.25) is 6.54 Å². The van der Waals surface area contributed by atoms with E-state index in [-0.39, 0.29) is 23.1 Å². The number of amides is 1. The number of rotatable bonds is 3. The number of ether oxygens (including phenoxy) is 1. The Kier molecular flexibility index (Phi) is 7.64. The standard InChI is InChI=1S/C17H25N4O2.BrH/c1-17(2,3)23-16(22)21-12-10-19(11-13-21)14-15-6-4-5-8-20(15)9-7-18;/h4-6,8H,9-14H2,1-3H3;1H/q+1;/p-1. The van der Waals surface area contributed by atoms with Crippen LogP contribution in [0.5, 0.6) is 0 Å². The molecule has 1 amide bonds. The number of pyridine rings is 1. The van der Waals surface area contributed by atoms with E-state index in [0.29, 0.717) is 19.6 Å². The second-order valence-electron chi connectivity index (χ2n) is 6.72. The molecule has 7 heteroatoms. The molecule has 1 fully saturated rings. The predicted octanol–water partition coefficient (Wildman–Crippen LogP) is -1.45. The van der Waals surface area contributed by atoms with E-state index in [4.69, 9.17) is 10.00 Å². The molecule has 1 aliphatic rings. The van der Waals surface area contributed by atoms with Crippen LogP contribution in [0.25, 0.3) is 0 Å². The van der Waals surface area contributed by atoms with Gasteiger partial charge in [-0.2, -0.15) is 9.83 Å². The average Bonchev–Trinajstić information content (AvgIpc) is 2.48. The van der Waals surface area contributed by atoms with E-state index < -0.39 is 5.60 Å². The summed E-state index contributed by atoms with van der Waals surface area (Å²) in [5, 5.41) is 8.90. The zero-order chi connectivity index (χ0) is 16.9. The van der Waals surface area contributed by atoms with E-state index in [2.05, 4.69) is 11.0 Å². The summed E-state index contributed by atoms with van der Waals surface area (Å²) in [6.45, 7) is 9.72. The SMILES string of the molecule is CC(C)(C)OC(=O)N1CCN(Cc2cccc[n+]2CC#N)CC1.[Br-]. The van der Waals surface area contributed by atoms with Gasteiger partial charge in [0.1, 0.15) is 11.7 Å². The average molecular weight is 397 g/mol. The highest BCUT2D eigenvalue weighted by Gasteiger charge is 2.26. The highest BCUT2D eigenvalue weighted by atomic mass is 79.9. The van der Waals surface area contributed by atoms with Crippen molar-refractivity contribution >= 4 is 6.09 Å². The number of hydrogen-bond donors (Lipinski definition) is 0. The molecule has 1 aliphatic heterocycles. The monoisotopic (exact) mass is 396 g/mol. The number of halogens is 1. The molecule has 0 spiro atoms. The number of carbonyl (C=O) groups is 1. The lowest BCUT2D eigenvalue weighted by molar-refractivity contribution is -0.693. The van der Waals surface area contributed by atoms with E-state index in [9.17, 15) is 4.79 Å². The van der Waals surface area contributed by atoms with Crippen LogP contribution in [-0.2, 0) is 17.8 Å². The molecule has 0 unspecified atom stereocenters. The molecule has 1 aromatic heterocycles. The molecule has 1 saturated heterocycles. The van der Waals surface area contributed by atoms with Gasteiger partial charge in [0.05, 0.1) is 6.54 Å². The van der Waals surface area contributed by atoms with Crippen molar-refractivity contribution in [3.63, 3.8) is 0 Å². The van der Waals surface area contributed by atoms with Crippen molar-refractivity contribution in [2.24, 2.45) is 0 Å². The lowest BCUT2D eigenvalue weighted by Crippen LogP contribution is -3.00. The van der Waals surface area contributed by atoms with Crippen LogP contribution in [0.3, 0.4) is 0 Å². The molecule has 0 atom stereocenters. The lowest BCUT2D eigenvalue weighted by Gasteiger charge is -2.35. The third kappa shape index (κ3) is 6.10. The van der Waals surface area contributed by atoms with Crippen LogP contribution in [0.1, 0.15) is 26.5 Å². The summed E-state index contributed by atoms with van der Waals surface area (Å²) < 4.78 is 7.37. The highest BCUT2D eigenvalue weighted by molar-refractivity contribution is 5.68. The van der Waals surface area contributed by atoms with Gasteiger partial charge in [-0.25, -0.2) is 4.79 Å². The molecular weight excluding hydrogens is 372 g/mol. The third-order valence-corrected chi connectivity index (χ3v) is 3.69. The first-order valence-corrected chi connectivity index (χ1v) is 7.93. The van der Waals surface area contributed by atoms with Gasteiger partial charge in [0.15, 0.2) is 11.9 Å². The van der Waals surface area contributed by atoms with Crippen LogP contribution in [0.4, 0.5) is 4.79 Å². The molecule has 6 nitrogen and oxygen atoms in total. The van der Waals surface area contributed by atoms with E-state index >= 15 is 0 Å². The Balaban J connectivity index is 0.00000288. The molecule has 24 heavy (non-hydrogen) atoms. The topological polar surface area (TPSA) is 60.5 Å². The van der Waals surface area contributed by atoms with Crippen molar-refractivity contribution in [3.8, 4) is 6.07 Å². The molecule has 0 N–H and O–H groups in total. The first-order chi connectivity index (χ1) is 10.9. The van der Waals surface area contributed by atoms with Gasteiger partial charge >= 0.3 is 6.09 Å². The molecule has 0 radical (unpaired) electrons. The smallest absolute Gasteiger partial charge is 0.410 e. The highest BCUT2D eigenvalue weighted by Crippen LogP contribution is 2.12. The number of carbonyl (C=O) groups excluding carboxylic acids is 1. The molecule has 2 heterocycles. The summed E-state index contributed by atoms with van der Waals surface area (Å²) in [4.78, 5) is 16.1. The maximum absolute atomic E-state index is 12.1. The lowest BCUT2D eigenvalue weighted by atomic mass is 10.2. The van der Waals surface area contributed by atoms with Gasteiger partial charge in [-0.3, -0.25) is 4.90 Å². The Morgan fingerprint density at radius 1 is 1.29 bits per heavy atom. The van der Waals surface area contributed by atoms with Crippen molar-refractivity contribution in [3.05, 3.63) is 30.1 Å². The molecule has 0 bridgehead atoms. The molecular formula is C17H25BrN4O2. The third-order valence-electron chi connectivity index (χ3n) is 3.69. The van der Waals surface area contributed by atoms with Crippen LogP contribution in [0.2, 0.25) is 0 Å². The summed E-state index contributed by atoms with van der Waals surface area (Å²) in [5.74, 6) is 0. The fraction of sp³-hybridized carbons (Fsp3) is 0.588. The first-order valence-electron chi connectivity index (χ1n) is 7.93. The van der Waals surface area contributed by atoms with E-state index in [0.717, 1.165) is 25.3 Å². The summed E-state index contributed by atoms with van der Waals surface area (Å²) in [5.41, 5.74) is 0.654. The maximum atomic E-state index is 12.1. The molecule has 132 valence electrons. The summed E-state index contributed by atoms with van der Waals surface area (Å²) in [6.07, 6.45) is 1.69. The van der Waals surface area contributed by atoms with Gasteiger partial charge in [0.25, 0.3) is 0 Å². The first kappa shape index (κ1) is 20.4. The molecule has 0 aromatic carbocycles. The Morgan fingerprint density at radius 3 is 2.54 bits per heavy atom. The number of aromatic nitrogens is 1. The maximum Gasteiger partial charge on any atom is 0.410 e. The predicted molar refractivity (Wildman–Crippen MR) is 85.3 cm³/mol. The summed E-state index contributed by atoms with van der Waals surface area (Å²) in [7, 11) is 0. The van der Waals surface area contributed by atoms with Crippen molar-refractivity contribution in [1.29, 1.82) is 5.26 Å². The van der Waals surface area contributed by atoms with Gasteiger partial charge < -0.3 is 26.6 Å². The van der Waals surface area contributed by atoms with Crippen molar-refractivity contribution in [2.75, 3.05) is 26.2 Å². The fourth-order valence-electron chi connectivity index (χ4n) is 2.53. The minimum Gasteiger partial charge on any atom is -1.00 e. The fourth-order valence-corrected chi connectivity index (χ4v) is 2.53. The zero-order valence-corrected chi connectivity index (χ0v) is 16.1. The van der Waals surface area contributed by atoms with Crippen LogP contribution in [0, 0.1) is 11.3 Å². The van der Waals surface area contributed by atoms with Crippen molar-refractivity contribution in [1.82, 2.24) is 9.80 Å². The Bertz CT molecular complexity index is 587. The zero-order valence-electron chi connectivity index (χ0n) is 14.5. The van der Waals surface area contributed by atoms with Gasteiger partial charge in [-0.15, -0.1) is 0 Å². The Morgan fingerprint density at radius 2 is 1.96 bits per heavy atom.